The molecule has 1 aromatic carbocycles. The van der Waals surface area contributed by atoms with Gasteiger partial charge in [0.25, 0.3) is 0 Å². The van der Waals surface area contributed by atoms with Gasteiger partial charge in [0.05, 0.1) is 27.9 Å². The van der Waals surface area contributed by atoms with Gasteiger partial charge in [-0.1, -0.05) is 0 Å². The van der Waals surface area contributed by atoms with Crippen molar-refractivity contribution in [2.24, 2.45) is 0 Å². The number of methoxy groups -OCH3 is 3. The van der Waals surface area contributed by atoms with Gasteiger partial charge in [-0.05, 0) is 12.1 Å². The lowest BCUT2D eigenvalue weighted by molar-refractivity contribution is 0.244. The SMILES string of the molecule is COc1cc(NCc2ccc(CO)o2)cc(OC)c1OC. The first-order chi connectivity index (χ1) is 10.2. The molecule has 6 nitrogen and oxygen atoms in total. The highest BCUT2D eigenvalue weighted by atomic mass is 16.5. The number of furan rings is 1. The second kappa shape index (κ2) is 6.90. The quantitative estimate of drug-likeness (QED) is 0.816. The van der Waals surface area contributed by atoms with E-state index in [1.54, 1.807) is 27.4 Å². The Hall–Kier alpha value is -2.34. The zero-order valence-corrected chi connectivity index (χ0v) is 12.3. The third kappa shape index (κ3) is 3.41. The van der Waals surface area contributed by atoms with Gasteiger partial charge in [-0.2, -0.15) is 0 Å². The molecule has 2 N–H and O–H groups in total. The summed E-state index contributed by atoms with van der Waals surface area (Å²) in [4.78, 5) is 0. The largest absolute Gasteiger partial charge is 0.493 e. The second-order valence-corrected chi connectivity index (χ2v) is 4.29. The van der Waals surface area contributed by atoms with Gasteiger partial charge in [0.2, 0.25) is 5.75 Å². The number of nitrogens with one attached hydrogen (secondary N) is 1. The zero-order valence-electron chi connectivity index (χ0n) is 12.3. The summed E-state index contributed by atoms with van der Waals surface area (Å²) in [5.41, 5.74) is 0.812. The van der Waals surface area contributed by atoms with E-state index < -0.39 is 0 Å². The molecular weight excluding hydrogens is 274 g/mol. The molecule has 0 spiro atoms. The van der Waals surface area contributed by atoms with E-state index in [4.69, 9.17) is 23.7 Å². The molecule has 114 valence electrons. The summed E-state index contributed by atoms with van der Waals surface area (Å²) < 4.78 is 21.3. The van der Waals surface area contributed by atoms with Crippen LogP contribution < -0.4 is 19.5 Å². The van der Waals surface area contributed by atoms with Gasteiger partial charge in [0, 0.05) is 17.8 Å². The van der Waals surface area contributed by atoms with Crippen molar-refractivity contribution in [2.75, 3.05) is 26.6 Å². The maximum atomic E-state index is 8.97. The molecule has 0 aliphatic heterocycles. The first-order valence-corrected chi connectivity index (χ1v) is 6.44. The molecule has 0 radical (unpaired) electrons. The van der Waals surface area contributed by atoms with Crippen LogP contribution in [0.4, 0.5) is 5.69 Å². The Morgan fingerprint density at radius 2 is 1.62 bits per heavy atom. The van der Waals surface area contributed by atoms with Crippen molar-refractivity contribution >= 4 is 5.69 Å². The lowest BCUT2D eigenvalue weighted by atomic mass is 10.2. The molecule has 6 heteroatoms. The fourth-order valence-corrected chi connectivity index (χ4v) is 1.97. The van der Waals surface area contributed by atoms with Crippen molar-refractivity contribution in [1.29, 1.82) is 0 Å². The molecule has 0 unspecified atom stereocenters. The third-order valence-electron chi connectivity index (χ3n) is 3.00. The molecule has 2 rings (SSSR count). The van der Waals surface area contributed by atoms with Gasteiger partial charge in [-0.3, -0.25) is 0 Å². The van der Waals surface area contributed by atoms with Crippen molar-refractivity contribution < 1.29 is 23.7 Å². The summed E-state index contributed by atoms with van der Waals surface area (Å²) in [5.74, 6) is 2.97. The minimum absolute atomic E-state index is 0.107. The number of hydrogen-bond donors (Lipinski definition) is 2. The highest BCUT2D eigenvalue weighted by Crippen LogP contribution is 2.40. The number of benzene rings is 1. The molecule has 0 fully saturated rings. The average molecular weight is 293 g/mol. The smallest absolute Gasteiger partial charge is 0.203 e. The van der Waals surface area contributed by atoms with E-state index in [1.807, 2.05) is 18.2 Å². The Balaban J connectivity index is 2.15. The Labute approximate surface area is 123 Å². The Morgan fingerprint density at radius 1 is 1.00 bits per heavy atom. The van der Waals surface area contributed by atoms with Crippen LogP contribution in [0.15, 0.2) is 28.7 Å². The highest BCUT2D eigenvalue weighted by Gasteiger charge is 2.13. The van der Waals surface area contributed by atoms with Crippen LogP contribution in [0.5, 0.6) is 17.2 Å². The van der Waals surface area contributed by atoms with Crippen molar-refractivity contribution in [2.45, 2.75) is 13.2 Å². The summed E-state index contributed by atoms with van der Waals surface area (Å²) >= 11 is 0. The van der Waals surface area contributed by atoms with Crippen LogP contribution in [0, 0.1) is 0 Å². The Bertz CT molecular complexity index is 568. The number of aliphatic hydroxyl groups is 1. The maximum absolute atomic E-state index is 8.97. The van der Waals surface area contributed by atoms with Gasteiger partial charge in [0.1, 0.15) is 18.1 Å². The van der Waals surface area contributed by atoms with Gasteiger partial charge >= 0.3 is 0 Å². The normalized spacial score (nSPS) is 10.3. The van der Waals surface area contributed by atoms with Crippen molar-refractivity contribution in [3.63, 3.8) is 0 Å². The highest BCUT2D eigenvalue weighted by molar-refractivity contribution is 5.62. The minimum Gasteiger partial charge on any atom is -0.493 e. The predicted molar refractivity (Wildman–Crippen MR) is 78.1 cm³/mol. The van der Waals surface area contributed by atoms with Gasteiger partial charge < -0.3 is 29.1 Å². The van der Waals surface area contributed by atoms with E-state index >= 15 is 0 Å². The lowest BCUT2D eigenvalue weighted by Gasteiger charge is -2.14. The topological polar surface area (TPSA) is 73.1 Å². The van der Waals surface area contributed by atoms with Crippen LogP contribution >= 0.6 is 0 Å². The number of rotatable bonds is 7. The summed E-state index contributed by atoms with van der Waals surface area (Å²) in [7, 11) is 4.70. The first-order valence-electron chi connectivity index (χ1n) is 6.44. The van der Waals surface area contributed by atoms with E-state index in [2.05, 4.69) is 5.32 Å². The van der Waals surface area contributed by atoms with Crippen LogP contribution in [0.2, 0.25) is 0 Å². The van der Waals surface area contributed by atoms with Crippen molar-refractivity contribution in [1.82, 2.24) is 0 Å². The minimum atomic E-state index is -0.107. The molecule has 1 heterocycles. The molecule has 0 amide bonds. The van der Waals surface area contributed by atoms with E-state index in [1.165, 1.54) is 0 Å². The standard InChI is InChI=1S/C15H19NO5/c1-18-13-6-10(7-14(19-2)15(13)20-3)16-8-11-4-5-12(9-17)21-11/h4-7,16-17H,8-9H2,1-3H3. The fraction of sp³-hybridized carbons (Fsp3) is 0.333. The van der Waals surface area contributed by atoms with E-state index in [0.29, 0.717) is 29.6 Å². The molecular formula is C15H19NO5. The van der Waals surface area contributed by atoms with E-state index in [-0.39, 0.29) is 6.61 Å². The molecule has 0 atom stereocenters. The summed E-state index contributed by atoms with van der Waals surface area (Å²) in [5, 5.41) is 12.2. The van der Waals surface area contributed by atoms with Crippen LogP contribution in [0.3, 0.4) is 0 Å². The number of hydrogen-bond acceptors (Lipinski definition) is 6. The maximum Gasteiger partial charge on any atom is 0.203 e. The number of anilines is 1. The average Bonchev–Trinajstić information content (AvgIpc) is 2.99. The van der Waals surface area contributed by atoms with Gasteiger partial charge in [-0.25, -0.2) is 0 Å². The zero-order chi connectivity index (χ0) is 15.2. The van der Waals surface area contributed by atoms with E-state index in [0.717, 1.165) is 11.4 Å². The molecule has 0 aliphatic rings. The van der Waals surface area contributed by atoms with Crippen LogP contribution in [0.1, 0.15) is 11.5 Å². The Morgan fingerprint density at radius 3 is 2.10 bits per heavy atom. The summed E-state index contributed by atoms with van der Waals surface area (Å²) in [6, 6.07) is 7.19. The molecule has 0 saturated heterocycles. The fourth-order valence-electron chi connectivity index (χ4n) is 1.97. The monoisotopic (exact) mass is 293 g/mol. The van der Waals surface area contributed by atoms with Crippen LogP contribution in [-0.2, 0) is 13.2 Å². The van der Waals surface area contributed by atoms with E-state index in [9.17, 15) is 0 Å². The summed E-state index contributed by atoms with van der Waals surface area (Å²) in [6.45, 7) is 0.378. The van der Waals surface area contributed by atoms with Crippen molar-refractivity contribution in [3.05, 3.63) is 35.8 Å². The predicted octanol–water partition coefficient (Wildman–Crippen LogP) is 2.41. The number of aliphatic hydroxyl groups excluding tert-OH is 1. The first kappa shape index (κ1) is 15.1. The molecule has 21 heavy (non-hydrogen) atoms. The lowest BCUT2D eigenvalue weighted by Crippen LogP contribution is -2.01. The molecule has 2 aromatic rings. The molecule has 0 saturated carbocycles. The van der Waals surface area contributed by atoms with Gasteiger partial charge in [0.15, 0.2) is 11.5 Å². The van der Waals surface area contributed by atoms with Crippen LogP contribution in [-0.4, -0.2) is 26.4 Å². The second-order valence-electron chi connectivity index (χ2n) is 4.29. The number of ether oxygens (including phenoxy) is 3. The molecule has 0 aliphatic carbocycles. The summed E-state index contributed by atoms with van der Waals surface area (Å²) in [6.07, 6.45) is 0. The molecule has 1 aromatic heterocycles. The van der Waals surface area contributed by atoms with Crippen LogP contribution in [0.25, 0.3) is 0 Å². The van der Waals surface area contributed by atoms with Gasteiger partial charge in [-0.15, -0.1) is 0 Å². The van der Waals surface area contributed by atoms with Crippen molar-refractivity contribution in [3.8, 4) is 17.2 Å². The molecule has 0 bridgehead atoms. The third-order valence-corrected chi connectivity index (χ3v) is 3.00. The Kier molecular flexibility index (Phi) is 4.94.